The van der Waals surface area contributed by atoms with E-state index in [0.717, 1.165) is 17.5 Å². The number of hydrogen-bond donors (Lipinski definition) is 0. The van der Waals surface area contributed by atoms with Crippen molar-refractivity contribution < 1.29 is 9.53 Å². The zero-order chi connectivity index (χ0) is 17.5. The summed E-state index contributed by atoms with van der Waals surface area (Å²) in [5.74, 6) is 0.277. The summed E-state index contributed by atoms with van der Waals surface area (Å²) in [6.45, 7) is 0.328. The van der Waals surface area contributed by atoms with Gasteiger partial charge in [0.15, 0.2) is 0 Å². The molecule has 1 saturated carbocycles. The summed E-state index contributed by atoms with van der Waals surface area (Å²) in [5.41, 5.74) is 2.02. The second kappa shape index (κ2) is 9.05. The molecule has 3 heteroatoms. The average molecular weight is 357 g/mol. The lowest BCUT2D eigenvalue weighted by molar-refractivity contribution is -0.147. The molecule has 1 aliphatic rings. The van der Waals surface area contributed by atoms with Crippen LogP contribution in [0.2, 0.25) is 5.02 Å². The summed E-state index contributed by atoms with van der Waals surface area (Å²) < 4.78 is 5.64. The Kier molecular flexibility index (Phi) is 6.52. The zero-order valence-electron chi connectivity index (χ0n) is 14.5. The average Bonchev–Trinajstić information content (AvgIpc) is 2.67. The maximum Gasteiger partial charge on any atom is 0.313 e. The van der Waals surface area contributed by atoms with Crippen LogP contribution in [-0.2, 0) is 16.1 Å². The molecule has 2 aromatic carbocycles. The first-order valence-electron chi connectivity index (χ1n) is 9.18. The van der Waals surface area contributed by atoms with Crippen molar-refractivity contribution in [2.24, 2.45) is 5.92 Å². The maximum absolute atomic E-state index is 12.8. The highest BCUT2D eigenvalue weighted by Gasteiger charge is 2.27. The highest BCUT2D eigenvalue weighted by molar-refractivity contribution is 6.30. The second-order valence-corrected chi connectivity index (χ2v) is 7.37. The molecule has 0 bridgehead atoms. The van der Waals surface area contributed by atoms with Crippen LogP contribution in [0, 0.1) is 5.92 Å². The third-order valence-electron chi connectivity index (χ3n) is 5.07. The van der Waals surface area contributed by atoms with Crippen LogP contribution in [0.15, 0.2) is 54.6 Å². The molecule has 2 nitrogen and oxygen atoms in total. The lowest BCUT2D eigenvalue weighted by atomic mass is 9.80. The summed E-state index contributed by atoms with van der Waals surface area (Å²) in [5, 5.41) is 0.692. The zero-order valence-corrected chi connectivity index (χ0v) is 15.3. The molecule has 0 aromatic heterocycles. The normalized spacial score (nSPS) is 16.4. The number of esters is 1. The SMILES string of the molecule is O=C(OCc1ccccc1)[C@H](CC1CCCCC1)c1ccc(Cl)cc1. The Morgan fingerprint density at radius 3 is 2.36 bits per heavy atom. The summed E-state index contributed by atoms with van der Waals surface area (Å²) in [6.07, 6.45) is 7.18. The summed E-state index contributed by atoms with van der Waals surface area (Å²) in [7, 11) is 0. The lowest BCUT2D eigenvalue weighted by Gasteiger charge is -2.26. The largest absolute Gasteiger partial charge is 0.460 e. The van der Waals surface area contributed by atoms with E-state index in [0.29, 0.717) is 17.5 Å². The van der Waals surface area contributed by atoms with Gasteiger partial charge < -0.3 is 4.74 Å². The fourth-order valence-electron chi connectivity index (χ4n) is 3.65. The van der Waals surface area contributed by atoms with Gasteiger partial charge in [0.25, 0.3) is 0 Å². The molecule has 2 aromatic rings. The van der Waals surface area contributed by atoms with Gasteiger partial charge in [-0.15, -0.1) is 0 Å². The molecular formula is C22H25ClO2. The van der Waals surface area contributed by atoms with Gasteiger partial charge in [0.2, 0.25) is 0 Å². The number of benzene rings is 2. The predicted octanol–water partition coefficient (Wildman–Crippen LogP) is 6.14. The summed E-state index contributed by atoms with van der Waals surface area (Å²) >= 11 is 6.01. The molecule has 0 saturated heterocycles. The fraction of sp³-hybridized carbons (Fsp3) is 0.409. The van der Waals surface area contributed by atoms with Crippen LogP contribution in [0.1, 0.15) is 55.6 Å². The molecular weight excluding hydrogens is 332 g/mol. The third-order valence-corrected chi connectivity index (χ3v) is 5.33. The van der Waals surface area contributed by atoms with Gasteiger partial charge in [0, 0.05) is 5.02 Å². The van der Waals surface area contributed by atoms with Crippen molar-refractivity contribution in [2.45, 2.75) is 51.0 Å². The first-order chi connectivity index (χ1) is 12.2. The molecule has 3 rings (SSSR count). The highest BCUT2D eigenvalue weighted by Crippen LogP contribution is 2.34. The van der Waals surface area contributed by atoms with Crippen molar-refractivity contribution in [2.75, 3.05) is 0 Å². The first-order valence-corrected chi connectivity index (χ1v) is 9.56. The van der Waals surface area contributed by atoms with Crippen LogP contribution in [0.5, 0.6) is 0 Å². The van der Waals surface area contributed by atoms with E-state index in [1.807, 2.05) is 54.6 Å². The Bertz CT molecular complexity index is 660. The third kappa shape index (κ3) is 5.34. The molecule has 1 atom stereocenters. The molecule has 0 heterocycles. The molecule has 0 aliphatic heterocycles. The van der Waals surface area contributed by atoms with Gasteiger partial charge >= 0.3 is 5.97 Å². The first kappa shape index (κ1) is 18.0. The van der Waals surface area contributed by atoms with Crippen LogP contribution in [-0.4, -0.2) is 5.97 Å². The van der Waals surface area contributed by atoms with Crippen LogP contribution in [0.3, 0.4) is 0 Å². The van der Waals surface area contributed by atoms with Crippen molar-refractivity contribution in [3.8, 4) is 0 Å². The maximum atomic E-state index is 12.8. The van der Waals surface area contributed by atoms with Crippen LogP contribution >= 0.6 is 11.6 Å². The van der Waals surface area contributed by atoms with Crippen molar-refractivity contribution in [3.63, 3.8) is 0 Å². The highest BCUT2D eigenvalue weighted by atomic mass is 35.5. The monoisotopic (exact) mass is 356 g/mol. The Morgan fingerprint density at radius 1 is 1.00 bits per heavy atom. The molecule has 0 radical (unpaired) electrons. The number of ether oxygens (including phenoxy) is 1. The minimum absolute atomic E-state index is 0.128. The van der Waals surface area contributed by atoms with Crippen LogP contribution in [0.4, 0.5) is 0 Å². The van der Waals surface area contributed by atoms with Crippen LogP contribution < -0.4 is 0 Å². The number of carbonyl (C=O) groups is 1. The Balaban J connectivity index is 1.70. The van der Waals surface area contributed by atoms with E-state index >= 15 is 0 Å². The van der Waals surface area contributed by atoms with E-state index in [1.54, 1.807) is 0 Å². The van der Waals surface area contributed by atoms with E-state index in [4.69, 9.17) is 16.3 Å². The molecule has 132 valence electrons. The summed E-state index contributed by atoms with van der Waals surface area (Å²) in [4.78, 5) is 12.8. The van der Waals surface area contributed by atoms with Crippen molar-refractivity contribution in [1.29, 1.82) is 0 Å². The van der Waals surface area contributed by atoms with Gasteiger partial charge in [-0.1, -0.05) is 86.2 Å². The molecule has 1 aliphatic carbocycles. The molecule has 1 fully saturated rings. The second-order valence-electron chi connectivity index (χ2n) is 6.94. The minimum atomic E-state index is -0.205. The van der Waals surface area contributed by atoms with Crippen LogP contribution in [0.25, 0.3) is 0 Å². The number of hydrogen-bond acceptors (Lipinski definition) is 2. The smallest absolute Gasteiger partial charge is 0.313 e. The van der Waals surface area contributed by atoms with E-state index in [-0.39, 0.29) is 11.9 Å². The molecule has 0 amide bonds. The van der Waals surface area contributed by atoms with Crippen molar-refractivity contribution in [3.05, 3.63) is 70.7 Å². The Labute approximate surface area is 155 Å². The van der Waals surface area contributed by atoms with Gasteiger partial charge in [-0.2, -0.15) is 0 Å². The molecule has 25 heavy (non-hydrogen) atoms. The predicted molar refractivity (Wildman–Crippen MR) is 102 cm³/mol. The number of rotatable bonds is 6. The van der Waals surface area contributed by atoms with E-state index in [9.17, 15) is 4.79 Å². The van der Waals surface area contributed by atoms with Gasteiger partial charge in [-0.3, -0.25) is 4.79 Å². The Hall–Kier alpha value is -1.80. The number of carbonyl (C=O) groups excluding carboxylic acids is 1. The Morgan fingerprint density at radius 2 is 1.68 bits per heavy atom. The molecule has 0 spiro atoms. The summed E-state index contributed by atoms with van der Waals surface area (Å²) in [6, 6.07) is 17.5. The van der Waals surface area contributed by atoms with Gasteiger partial charge in [0.05, 0.1) is 5.92 Å². The van der Waals surface area contributed by atoms with Gasteiger partial charge in [-0.25, -0.2) is 0 Å². The standard InChI is InChI=1S/C22H25ClO2/c23-20-13-11-19(12-14-20)21(15-17-7-3-1-4-8-17)22(24)25-16-18-9-5-2-6-10-18/h2,5-6,9-14,17,21H,1,3-4,7-8,15-16H2/t21-/m1/s1. The topological polar surface area (TPSA) is 26.3 Å². The molecule has 0 N–H and O–H groups in total. The fourth-order valence-corrected chi connectivity index (χ4v) is 3.77. The van der Waals surface area contributed by atoms with E-state index < -0.39 is 0 Å². The van der Waals surface area contributed by atoms with E-state index in [2.05, 4.69) is 0 Å². The van der Waals surface area contributed by atoms with Crippen molar-refractivity contribution in [1.82, 2.24) is 0 Å². The van der Waals surface area contributed by atoms with E-state index in [1.165, 1.54) is 32.1 Å². The molecule has 0 unspecified atom stereocenters. The van der Waals surface area contributed by atoms with Crippen molar-refractivity contribution >= 4 is 17.6 Å². The quantitative estimate of drug-likeness (QED) is 0.581. The lowest BCUT2D eigenvalue weighted by Crippen LogP contribution is -2.20. The van der Waals surface area contributed by atoms with Gasteiger partial charge in [0.1, 0.15) is 6.61 Å². The van der Waals surface area contributed by atoms with Gasteiger partial charge in [-0.05, 0) is 35.6 Å². The number of halogens is 1. The minimum Gasteiger partial charge on any atom is -0.460 e.